The molecule has 0 atom stereocenters. The van der Waals surface area contributed by atoms with E-state index in [1.165, 1.54) is 16.7 Å². The van der Waals surface area contributed by atoms with Crippen molar-refractivity contribution in [3.63, 3.8) is 0 Å². The fourth-order valence-electron chi connectivity index (χ4n) is 1.74. The molecule has 3 heteroatoms. The van der Waals surface area contributed by atoms with Crippen LogP contribution in [0.15, 0.2) is 41.3 Å². The van der Waals surface area contributed by atoms with E-state index < -0.39 is 0 Å². The number of nitrogens with two attached hydrogens (primary N) is 1. The van der Waals surface area contributed by atoms with Gasteiger partial charge in [-0.1, -0.05) is 35.4 Å². The molecule has 0 aliphatic heterocycles. The Morgan fingerprint density at radius 1 is 1.11 bits per heavy atom. The Morgan fingerprint density at radius 2 is 1.89 bits per heavy atom. The number of thioether (sulfide) groups is 1. The molecule has 1 nitrogen and oxygen atoms in total. The summed E-state index contributed by atoms with van der Waals surface area (Å²) in [6.07, 6.45) is 0. The topological polar surface area (TPSA) is 26.0 Å². The van der Waals surface area contributed by atoms with Gasteiger partial charge in [-0.25, -0.2) is 0 Å². The molecule has 0 spiro atoms. The molecule has 2 aromatic carbocycles. The lowest BCUT2D eigenvalue weighted by Crippen LogP contribution is -1.89. The van der Waals surface area contributed by atoms with Gasteiger partial charge < -0.3 is 5.73 Å². The molecule has 0 aliphatic rings. The molecule has 2 aromatic rings. The fourth-order valence-corrected chi connectivity index (χ4v) is 3.07. The van der Waals surface area contributed by atoms with Crippen molar-refractivity contribution in [3.05, 3.63) is 58.1 Å². The molecular weight excluding hydrogens is 262 g/mol. The summed E-state index contributed by atoms with van der Waals surface area (Å²) in [7, 11) is 0. The van der Waals surface area contributed by atoms with Crippen LogP contribution in [-0.4, -0.2) is 0 Å². The third kappa shape index (κ3) is 3.21. The van der Waals surface area contributed by atoms with Crippen molar-refractivity contribution in [1.29, 1.82) is 0 Å². The zero-order valence-electron chi connectivity index (χ0n) is 10.5. The van der Waals surface area contributed by atoms with Gasteiger partial charge in [0.1, 0.15) is 0 Å². The van der Waals surface area contributed by atoms with E-state index in [9.17, 15) is 0 Å². The van der Waals surface area contributed by atoms with Gasteiger partial charge in [-0.15, -0.1) is 11.8 Å². The Labute approximate surface area is 117 Å². The van der Waals surface area contributed by atoms with E-state index in [0.29, 0.717) is 0 Å². The normalized spacial score (nSPS) is 10.6. The SMILES string of the molecule is Cc1ccc(C)c(CSc2cc(N)ccc2Cl)c1. The van der Waals surface area contributed by atoms with E-state index in [1.54, 1.807) is 11.8 Å². The molecule has 0 fully saturated rings. The molecular formula is C15H16ClNS. The average molecular weight is 278 g/mol. The second-order valence-corrected chi connectivity index (χ2v) is 5.83. The van der Waals surface area contributed by atoms with Gasteiger partial charge in [0.2, 0.25) is 0 Å². The van der Waals surface area contributed by atoms with Gasteiger partial charge in [0, 0.05) is 16.3 Å². The van der Waals surface area contributed by atoms with Crippen LogP contribution in [0, 0.1) is 13.8 Å². The standard InChI is InChI=1S/C15H16ClNS/c1-10-3-4-11(2)12(7-10)9-18-15-8-13(17)5-6-14(15)16/h3-8H,9,17H2,1-2H3. The molecule has 0 amide bonds. The van der Waals surface area contributed by atoms with Crippen molar-refractivity contribution < 1.29 is 0 Å². The lowest BCUT2D eigenvalue weighted by molar-refractivity contribution is 1.27. The highest BCUT2D eigenvalue weighted by Gasteiger charge is 2.04. The predicted octanol–water partition coefficient (Wildman–Crippen LogP) is 4.83. The molecule has 0 aromatic heterocycles. The van der Waals surface area contributed by atoms with E-state index in [-0.39, 0.29) is 0 Å². The van der Waals surface area contributed by atoms with Crippen molar-refractivity contribution in [2.24, 2.45) is 0 Å². The van der Waals surface area contributed by atoms with E-state index in [4.69, 9.17) is 17.3 Å². The second kappa shape index (κ2) is 5.68. The molecule has 0 unspecified atom stereocenters. The van der Waals surface area contributed by atoms with Gasteiger partial charge in [0.15, 0.2) is 0 Å². The number of benzene rings is 2. The van der Waals surface area contributed by atoms with Crippen LogP contribution in [0.3, 0.4) is 0 Å². The minimum Gasteiger partial charge on any atom is -0.399 e. The summed E-state index contributed by atoms with van der Waals surface area (Å²) in [5.74, 6) is 0.913. The minimum atomic E-state index is 0.753. The second-order valence-electron chi connectivity index (χ2n) is 4.41. The molecule has 0 aliphatic carbocycles. The Morgan fingerprint density at radius 3 is 2.67 bits per heavy atom. The molecule has 2 N–H and O–H groups in total. The lowest BCUT2D eigenvalue weighted by atomic mass is 10.1. The van der Waals surface area contributed by atoms with Gasteiger partial charge in [0.25, 0.3) is 0 Å². The van der Waals surface area contributed by atoms with Gasteiger partial charge >= 0.3 is 0 Å². The molecule has 0 heterocycles. The highest BCUT2D eigenvalue weighted by atomic mass is 35.5. The third-order valence-corrected chi connectivity index (χ3v) is 4.39. The molecule has 18 heavy (non-hydrogen) atoms. The first kappa shape index (κ1) is 13.3. The maximum absolute atomic E-state index is 6.16. The summed E-state index contributed by atoms with van der Waals surface area (Å²) in [6, 6.07) is 12.1. The molecule has 0 saturated carbocycles. The maximum atomic E-state index is 6.16. The van der Waals surface area contributed by atoms with Crippen molar-refractivity contribution in [1.82, 2.24) is 0 Å². The Kier molecular flexibility index (Phi) is 4.20. The van der Waals surface area contributed by atoms with Crippen LogP contribution in [0.5, 0.6) is 0 Å². The monoisotopic (exact) mass is 277 g/mol. The lowest BCUT2D eigenvalue weighted by Gasteiger charge is -2.08. The van der Waals surface area contributed by atoms with E-state index in [0.717, 1.165) is 21.4 Å². The van der Waals surface area contributed by atoms with Crippen LogP contribution in [0.4, 0.5) is 5.69 Å². The zero-order valence-corrected chi connectivity index (χ0v) is 12.1. The fraction of sp³-hybridized carbons (Fsp3) is 0.200. The van der Waals surface area contributed by atoms with Crippen LogP contribution in [-0.2, 0) is 5.75 Å². The number of hydrogen-bond donors (Lipinski definition) is 1. The maximum Gasteiger partial charge on any atom is 0.0543 e. The number of aryl methyl sites for hydroxylation is 2. The van der Waals surface area contributed by atoms with E-state index in [1.807, 2.05) is 18.2 Å². The highest BCUT2D eigenvalue weighted by Crippen LogP contribution is 2.32. The Hall–Kier alpha value is -1.12. The van der Waals surface area contributed by atoms with Crippen LogP contribution >= 0.6 is 23.4 Å². The molecule has 0 saturated heterocycles. The van der Waals surface area contributed by atoms with Crippen molar-refractivity contribution in [2.75, 3.05) is 5.73 Å². The van der Waals surface area contributed by atoms with E-state index in [2.05, 4.69) is 32.0 Å². The van der Waals surface area contributed by atoms with Crippen LogP contribution in [0.25, 0.3) is 0 Å². The average Bonchev–Trinajstić information content (AvgIpc) is 2.34. The Bertz CT molecular complexity index is 515. The molecule has 0 bridgehead atoms. The van der Waals surface area contributed by atoms with Crippen molar-refractivity contribution in [3.8, 4) is 0 Å². The van der Waals surface area contributed by atoms with Gasteiger partial charge in [-0.3, -0.25) is 0 Å². The first-order valence-corrected chi connectivity index (χ1v) is 7.16. The zero-order chi connectivity index (χ0) is 13.1. The number of rotatable bonds is 3. The minimum absolute atomic E-state index is 0.753. The van der Waals surface area contributed by atoms with Crippen LogP contribution in [0.2, 0.25) is 5.02 Å². The largest absolute Gasteiger partial charge is 0.399 e. The summed E-state index contributed by atoms with van der Waals surface area (Å²) >= 11 is 7.88. The van der Waals surface area contributed by atoms with Gasteiger partial charge in [-0.05, 0) is 43.2 Å². The quantitative estimate of drug-likeness (QED) is 0.642. The molecule has 2 rings (SSSR count). The van der Waals surface area contributed by atoms with Crippen LogP contribution < -0.4 is 5.73 Å². The number of nitrogen functional groups attached to an aromatic ring is 1. The van der Waals surface area contributed by atoms with Gasteiger partial charge in [0.05, 0.1) is 5.02 Å². The highest BCUT2D eigenvalue weighted by molar-refractivity contribution is 7.98. The van der Waals surface area contributed by atoms with Crippen molar-refractivity contribution in [2.45, 2.75) is 24.5 Å². The number of halogens is 1. The number of hydrogen-bond acceptors (Lipinski definition) is 2. The first-order chi connectivity index (χ1) is 8.56. The summed E-state index contributed by atoms with van der Waals surface area (Å²) in [5.41, 5.74) is 10.5. The van der Waals surface area contributed by atoms with Crippen LogP contribution in [0.1, 0.15) is 16.7 Å². The smallest absolute Gasteiger partial charge is 0.0543 e. The van der Waals surface area contributed by atoms with Crippen molar-refractivity contribution >= 4 is 29.1 Å². The summed E-state index contributed by atoms with van der Waals surface area (Å²) in [4.78, 5) is 1.04. The predicted molar refractivity (Wildman–Crippen MR) is 81.3 cm³/mol. The number of anilines is 1. The Balaban J connectivity index is 2.16. The summed E-state index contributed by atoms with van der Waals surface area (Å²) < 4.78 is 0. The molecule has 0 radical (unpaired) electrons. The van der Waals surface area contributed by atoms with E-state index >= 15 is 0 Å². The molecule has 94 valence electrons. The summed E-state index contributed by atoms with van der Waals surface area (Å²) in [6.45, 7) is 4.25. The summed E-state index contributed by atoms with van der Waals surface area (Å²) in [5, 5.41) is 0.763. The third-order valence-electron chi connectivity index (χ3n) is 2.84. The first-order valence-electron chi connectivity index (χ1n) is 5.80. The van der Waals surface area contributed by atoms with Gasteiger partial charge in [-0.2, -0.15) is 0 Å².